The van der Waals surface area contributed by atoms with Crippen LogP contribution in [-0.4, -0.2) is 16.1 Å². The van der Waals surface area contributed by atoms with Gasteiger partial charge in [0.2, 0.25) is 0 Å². The number of aromatic nitrogens is 2. The zero-order chi connectivity index (χ0) is 9.42. The molecule has 1 aromatic rings. The van der Waals surface area contributed by atoms with Crippen molar-refractivity contribution < 1.29 is 0 Å². The van der Waals surface area contributed by atoms with Crippen LogP contribution in [0.2, 0.25) is 0 Å². The summed E-state index contributed by atoms with van der Waals surface area (Å²) in [6.45, 7) is 5.00. The van der Waals surface area contributed by atoms with Crippen molar-refractivity contribution in [3.63, 3.8) is 0 Å². The first-order chi connectivity index (χ1) is 6.24. The number of hydrogen-bond acceptors (Lipinski definition) is 2. The Bertz CT molecular complexity index is 301. The highest BCUT2D eigenvalue weighted by molar-refractivity contribution is 5.11. The van der Waals surface area contributed by atoms with Crippen LogP contribution in [0.3, 0.4) is 0 Å². The Labute approximate surface area is 79.0 Å². The van der Waals surface area contributed by atoms with Crippen LogP contribution in [0.25, 0.3) is 0 Å². The molecule has 0 saturated heterocycles. The first-order valence-electron chi connectivity index (χ1n) is 4.94. The Kier molecular flexibility index (Phi) is 2.12. The van der Waals surface area contributed by atoms with Crippen LogP contribution < -0.4 is 5.73 Å². The summed E-state index contributed by atoms with van der Waals surface area (Å²) < 4.78 is 2.29. The topological polar surface area (TPSA) is 43.8 Å². The number of aryl methyl sites for hydroxylation is 1. The molecule has 1 aliphatic rings. The molecule has 2 N–H and O–H groups in total. The lowest BCUT2D eigenvalue weighted by molar-refractivity contribution is 0.186. The molecule has 13 heavy (non-hydrogen) atoms. The van der Waals surface area contributed by atoms with E-state index in [1.165, 1.54) is 18.5 Å². The fraction of sp³-hybridized carbons (Fsp3) is 0.700. The van der Waals surface area contributed by atoms with Gasteiger partial charge in [0.15, 0.2) is 0 Å². The fourth-order valence-corrected chi connectivity index (χ4v) is 2.04. The summed E-state index contributed by atoms with van der Waals surface area (Å²) in [4.78, 5) is 4.31. The van der Waals surface area contributed by atoms with Crippen LogP contribution in [0.5, 0.6) is 0 Å². The van der Waals surface area contributed by atoms with Gasteiger partial charge in [-0.2, -0.15) is 0 Å². The molecule has 1 aromatic heterocycles. The van der Waals surface area contributed by atoms with E-state index in [-0.39, 0.29) is 0 Å². The van der Waals surface area contributed by atoms with Crippen LogP contribution in [0, 0.1) is 19.8 Å². The molecule has 1 saturated carbocycles. The van der Waals surface area contributed by atoms with Gasteiger partial charge in [0, 0.05) is 11.7 Å². The van der Waals surface area contributed by atoms with Crippen molar-refractivity contribution in [1.29, 1.82) is 0 Å². The molecule has 0 bridgehead atoms. The normalized spacial score (nSPS) is 27.3. The molecule has 72 valence electrons. The monoisotopic (exact) mass is 179 g/mol. The predicted molar refractivity (Wildman–Crippen MR) is 52.5 cm³/mol. The van der Waals surface area contributed by atoms with Gasteiger partial charge in [0.1, 0.15) is 0 Å². The van der Waals surface area contributed by atoms with Crippen molar-refractivity contribution >= 4 is 0 Å². The van der Waals surface area contributed by atoms with Crippen molar-refractivity contribution in [3.8, 4) is 0 Å². The molecule has 0 amide bonds. The average molecular weight is 179 g/mol. The molecule has 1 aliphatic carbocycles. The largest absolute Gasteiger partial charge is 0.331 e. The molecule has 1 heterocycles. The fourth-order valence-electron chi connectivity index (χ4n) is 2.04. The maximum Gasteiger partial charge on any atom is 0.0954 e. The third kappa shape index (κ3) is 1.27. The van der Waals surface area contributed by atoms with E-state index in [0.717, 1.165) is 12.2 Å². The van der Waals surface area contributed by atoms with Gasteiger partial charge in [-0.05, 0) is 39.2 Å². The standard InChI is InChI=1S/C10H17N3/c1-7-8(2)13(6-12-7)10-4-3-9(10)5-11/h6,9-10H,3-5,11H2,1-2H3. The highest BCUT2D eigenvalue weighted by atomic mass is 15.1. The number of hydrogen-bond donors (Lipinski definition) is 1. The zero-order valence-corrected chi connectivity index (χ0v) is 8.33. The predicted octanol–water partition coefficient (Wildman–Crippen LogP) is 1.41. The SMILES string of the molecule is Cc1ncn(C2CCC2CN)c1C. The van der Waals surface area contributed by atoms with E-state index in [2.05, 4.69) is 23.4 Å². The van der Waals surface area contributed by atoms with Crippen LogP contribution in [-0.2, 0) is 0 Å². The first-order valence-corrected chi connectivity index (χ1v) is 4.94. The minimum atomic E-state index is 0.617. The summed E-state index contributed by atoms with van der Waals surface area (Å²) in [6, 6.07) is 0.617. The van der Waals surface area contributed by atoms with Crippen LogP contribution in [0.1, 0.15) is 30.3 Å². The summed E-state index contributed by atoms with van der Waals surface area (Å²) in [6.07, 6.45) is 4.49. The molecule has 0 radical (unpaired) electrons. The van der Waals surface area contributed by atoms with E-state index < -0.39 is 0 Å². The lowest BCUT2D eigenvalue weighted by Crippen LogP contribution is -2.34. The summed E-state index contributed by atoms with van der Waals surface area (Å²) in [7, 11) is 0. The Morgan fingerprint density at radius 2 is 2.31 bits per heavy atom. The van der Waals surface area contributed by atoms with Crippen LogP contribution in [0.4, 0.5) is 0 Å². The number of nitrogens with two attached hydrogens (primary N) is 1. The third-order valence-corrected chi connectivity index (χ3v) is 3.32. The molecule has 0 aliphatic heterocycles. The van der Waals surface area contributed by atoms with Crippen molar-refractivity contribution in [1.82, 2.24) is 9.55 Å². The maximum absolute atomic E-state index is 5.68. The summed E-state index contributed by atoms with van der Waals surface area (Å²) in [5, 5.41) is 0. The minimum Gasteiger partial charge on any atom is -0.331 e. The van der Waals surface area contributed by atoms with E-state index in [1.807, 2.05) is 6.33 Å². The molecule has 2 unspecified atom stereocenters. The quantitative estimate of drug-likeness (QED) is 0.746. The Hall–Kier alpha value is -0.830. The molecule has 3 heteroatoms. The summed E-state index contributed by atoms with van der Waals surface area (Å²) in [5.41, 5.74) is 8.12. The van der Waals surface area contributed by atoms with Gasteiger partial charge in [-0.15, -0.1) is 0 Å². The molecule has 0 spiro atoms. The Morgan fingerprint density at radius 3 is 2.69 bits per heavy atom. The highest BCUT2D eigenvalue weighted by Gasteiger charge is 2.31. The molecule has 2 atom stereocenters. The van der Waals surface area contributed by atoms with E-state index in [9.17, 15) is 0 Å². The second-order valence-electron chi connectivity index (χ2n) is 3.96. The van der Waals surface area contributed by atoms with Crippen molar-refractivity contribution in [2.24, 2.45) is 11.7 Å². The number of imidazole rings is 1. The Morgan fingerprint density at radius 1 is 1.54 bits per heavy atom. The summed E-state index contributed by atoms with van der Waals surface area (Å²) in [5.74, 6) is 0.673. The van der Waals surface area contributed by atoms with Crippen LogP contribution >= 0.6 is 0 Å². The van der Waals surface area contributed by atoms with E-state index in [1.54, 1.807) is 0 Å². The van der Waals surface area contributed by atoms with E-state index >= 15 is 0 Å². The number of rotatable bonds is 2. The molecule has 1 fully saturated rings. The Balaban J connectivity index is 2.21. The van der Waals surface area contributed by atoms with Gasteiger partial charge < -0.3 is 10.3 Å². The van der Waals surface area contributed by atoms with Crippen molar-refractivity contribution in [3.05, 3.63) is 17.7 Å². The number of nitrogens with zero attached hydrogens (tertiary/aromatic N) is 2. The average Bonchev–Trinajstić information content (AvgIpc) is 2.35. The second kappa shape index (κ2) is 3.14. The van der Waals surface area contributed by atoms with Crippen LogP contribution in [0.15, 0.2) is 6.33 Å². The van der Waals surface area contributed by atoms with E-state index in [0.29, 0.717) is 12.0 Å². The lowest BCUT2D eigenvalue weighted by Gasteiger charge is -2.37. The minimum absolute atomic E-state index is 0.617. The molecular formula is C10H17N3. The van der Waals surface area contributed by atoms with Crippen molar-refractivity contribution in [2.75, 3.05) is 6.54 Å². The highest BCUT2D eigenvalue weighted by Crippen LogP contribution is 2.38. The molecule has 0 aromatic carbocycles. The third-order valence-electron chi connectivity index (χ3n) is 3.32. The van der Waals surface area contributed by atoms with Gasteiger partial charge >= 0.3 is 0 Å². The van der Waals surface area contributed by atoms with Gasteiger partial charge in [0.05, 0.1) is 12.0 Å². The lowest BCUT2D eigenvalue weighted by atomic mass is 9.79. The molecule has 2 rings (SSSR count). The van der Waals surface area contributed by atoms with Gasteiger partial charge in [-0.1, -0.05) is 0 Å². The molecular weight excluding hydrogens is 162 g/mol. The van der Waals surface area contributed by atoms with Gasteiger partial charge in [-0.25, -0.2) is 4.98 Å². The zero-order valence-electron chi connectivity index (χ0n) is 8.33. The van der Waals surface area contributed by atoms with Crippen molar-refractivity contribution in [2.45, 2.75) is 32.7 Å². The van der Waals surface area contributed by atoms with Gasteiger partial charge in [0.25, 0.3) is 0 Å². The maximum atomic E-state index is 5.68. The smallest absolute Gasteiger partial charge is 0.0954 e. The first kappa shape index (κ1) is 8.75. The second-order valence-corrected chi connectivity index (χ2v) is 3.96. The molecule has 3 nitrogen and oxygen atoms in total. The van der Waals surface area contributed by atoms with E-state index in [4.69, 9.17) is 5.73 Å². The summed E-state index contributed by atoms with van der Waals surface area (Å²) >= 11 is 0. The van der Waals surface area contributed by atoms with Gasteiger partial charge in [-0.3, -0.25) is 0 Å².